The standard InChI is InChI=1S/C41H64N10O5Si2/c1-27-36(28(2)51(48-27)26-55-21-22-57(6,7)8)29-15-17-32(18-16-29)46-40(54)38(37(30-11-12-30)31-13-14-31)47-39(53)34-19-20-45-50(34)25-33(23-43-35(52)24-44-49-42)56-58(9,10)41(3,4)5/h15-20,30-31,33,37-38H,11-14,21-26H2,1-10H3,(H,43,52)(H,46,54)(H,47,53). The summed E-state index contributed by atoms with van der Waals surface area (Å²) in [6, 6.07) is 9.80. The molecule has 2 unspecified atom stereocenters. The fourth-order valence-corrected chi connectivity index (χ4v) is 9.23. The molecule has 2 fully saturated rings. The molecule has 15 nitrogen and oxygen atoms in total. The lowest BCUT2D eigenvalue weighted by Gasteiger charge is -2.39. The van der Waals surface area contributed by atoms with Crippen LogP contribution in [0.4, 0.5) is 5.69 Å². The van der Waals surface area contributed by atoms with Crippen molar-refractivity contribution >= 4 is 39.8 Å². The number of hydrogen-bond acceptors (Lipinski definition) is 8. The van der Waals surface area contributed by atoms with Crippen molar-refractivity contribution in [2.24, 2.45) is 22.9 Å². The Hall–Kier alpha value is -4.29. The van der Waals surface area contributed by atoms with Gasteiger partial charge in [-0.3, -0.25) is 19.1 Å². The smallest absolute Gasteiger partial charge is 0.270 e. The summed E-state index contributed by atoms with van der Waals surface area (Å²) in [5, 5.41) is 21.5. The molecule has 2 heterocycles. The largest absolute Gasteiger partial charge is 0.410 e. The predicted molar refractivity (Wildman–Crippen MR) is 231 cm³/mol. The van der Waals surface area contributed by atoms with Crippen molar-refractivity contribution in [2.75, 3.05) is 25.0 Å². The van der Waals surface area contributed by atoms with Gasteiger partial charge in [-0.25, -0.2) is 4.68 Å². The van der Waals surface area contributed by atoms with E-state index in [1.54, 1.807) is 16.9 Å². The molecule has 0 aliphatic heterocycles. The highest BCUT2D eigenvalue weighted by Gasteiger charge is 2.48. The summed E-state index contributed by atoms with van der Waals surface area (Å²) in [7, 11) is -3.51. The predicted octanol–water partition coefficient (Wildman–Crippen LogP) is 7.67. The van der Waals surface area contributed by atoms with Crippen molar-refractivity contribution in [2.45, 2.75) is 130 Å². The lowest BCUT2D eigenvalue weighted by atomic mass is 9.88. The molecule has 316 valence electrons. The number of amides is 3. The normalized spacial score (nSPS) is 15.8. The van der Waals surface area contributed by atoms with Crippen LogP contribution in [-0.4, -0.2) is 85.5 Å². The Morgan fingerprint density at radius 3 is 2.24 bits per heavy atom. The SMILES string of the molecule is Cc1nn(COCC[Si](C)(C)C)c(C)c1-c1ccc(NC(=O)C(NC(=O)c2ccnn2CC(CNC(=O)CN=[N+]=[N-])O[Si](C)(C)C(C)(C)C)C(C2CC2)C2CC2)cc1. The molecule has 3 amide bonds. The summed E-state index contributed by atoms with van der Waals surface area (Å²) in [5.41, 5.74) is 13.6. The lowest BCUT2D eigenvalue weighted by Crippen LogP contribution is -2.51. The lowest BCUT2D eigenvalue weighted by molar-refractivity contribution is -0.120. The van der Waals surface area contributed by atoms with Crippen molar-refractivity contribution in [3.05, 3.63) is 64.1 Å². The molecule has 58 heavy (non-hydrogen) atoms. The summed E-state index contributed by atoms with van der Waals surface area (Å²) >= 11 is 0. The summed E-state index contributed by atoms with van der Waals surface area (Å²) in [4.78, 5) is 43.5. The summed E-state index contributed by atoms with van der Waals surface area (Å²) < 4.78 is 16.2. The Kier molecular flexibility index (Phi) is 14.5. The third kappa shape index (κ3) is 12.1. The zero-order valence-corrected chi connectivity index (χ0v) is 38.1. The van der Waals surface area contributed by atoms with E-state index < -0.39 is 40.4 Å². The van der Waals surface area contributed by atoms with Gasteiger partial charge >= 0.3 is 0 Å². The first-order valence-corrected chi connectivity index (χ1v) is 27.2. The maximum absolute atomic E-state index is 14.3. The second-order valence-corrected chi connectivity index (χ2v) is 29.1. The first-order valence-electron chi connectivity index (χ1n) is 20.6. The molecule has 0 radical (unpaired) electrons. The van der Waals surface area contributed by atoms with Crippen LogP contribution in [0, 0.1) is 31.6 Å². The van der Waals surface area contributed by atoms with Gasteiger partial charge in [0.25, 0.3) is 5.91 Å². The van der Waals surface area contributed by atoms with Crippen LogP contribution in [0.25, 0.3) is 21.6 Å². The molecule has 3 N–H and O–H groups in total. The number of carbonyl (C=O) groups excluding carboxylic acids is 3. The highest BCUT2D eigenvalue weighted by molar-refractivity contribution is 6.76. The molecule has 2 aromatic heterocycles. The molecule has 0 spiro atoms. The number of hydrogen-bond donors (Lipinski definition) is 3. The molecule has 2 aliphatic carbocycles. The van der Waals surface area contributed by atoms with Crippen LogP contribution >= 0.6 is 0 Å². The van der Waals surface area contributed by atoms with E-state index in [1.807, 2.05) is 35.9 Å². The molecule has 17 heteroatoms. The van der Waals surface area contributed by atoms with Gasteiger partial charge in [0, 0.05) is 49.3 Å². The van der Waals surface area contributed by atoms with Crippen molar-refractivity contribution < 1.29 is 23.5 Å². The second kappa shape index (κ2) is 18.7. The number of azide groups is 1. The molecule has 5 rings (SSSR count). The fraction of sp³-hybridized carbons (Fsp3) is 0.634. The molecule has 1 aromatic carbocycles. The number of aryl methyl sites for hydroxylation is 1. The Bertz CT molecular complexity index is 1940. The van der Waals surface area contributed by atoms with Crippen LogP contribution in [0.1, 0.15) is 68.3 Å². The van der Waals surface area contributed by atoms with Crippen LogP contribution in [0.2, 0.25) is 43.8 Å². The van der Waals surface area contributed by atoms with Crippen LogP contribution in [0.3, 0.4) is 0 Å². The average Bonchev–Trinajstić information content (AvgIpc) is 4.08. The van der Waals surface area contributed by atoms with Crippen LogP contribution in [0.5, 0.6) is 0 Å². The summed E-state index contributed by atoms with van der Waals surface area (Å²) in [6.45, 7) is 22.8. The second-order valence-electron chi connectivity index (χ2n) is 18.8. The number of benzene rings is 1. The maximum Gasteiger partial charge on any atom is 0.270 e. The quantitative estimate of drug-likeness (QED) is 0.0323. The van der Waals surface area contributed by atoms with E-state index in [0.717, 1.165) is 60.8 Å². The first-order chi connectivity index (χ1) is 27.3. The highest BCUT2D eigenvalue weighted by atomic mass is 28.4. The van der Waals surface area contributed by atoms with E-state index in [-0.39, 0.29) is 36.5 Å². The minimum atomic E-state index is -2.32. The molecular formula is C41H64N10O5Si2. The molecule has 2 atom stereocenters. The van der Waals surface area contributed by atoms with E-state index in [2.05, 4.69) is 91.5 Å². The third-order valence-corrected chi connectivity index (χ3v) is 18.0. The van der Waals surface area contributed by atoms with Crippen molar-refractivity contribution in [3.8, 4) is 11.1 Å². The molecule has 2 aliphatic rings. The number of aromatic nitrogens is 4. The van der Waals surface area contributed by atoms with E-state index >= 15 is 0 Å². The number of nitrogens with zero attached hydrogens (tertiary/aromatic N) is 7. The van der Waals surface area contributed by atoms with Crippen molar-refractivity contribution in [3.63, 3.8) is 0 Å². The summed E-state index contributed by atoms with van der Waals surface area (Å²) in [5.74, 6) is -0.267. The Labute approximate surface area is 345 Å². The molecule has 0 bridgehead atoms. The van der Waals surface area contributed by atoms with Gasteiger partial charge in [-0.05, 0) is 111 Å². The van der Waals surface area contributed by atoms with Gasteiger partial charge in [0.15, 0.2) is 8.32 Å². The van der Waals surface area contributed by atoms with Gasteiger partial charge in [0.05, 0.1) is 18.3 Å². The molecule has 0 saturated heterocycles. The number of rotatable bonds is 21. The van der Waals surface area contributed by atoms with Gasteiger partial charge < -0.3 is 25.1 Å². The monoisotopic (exact) mass is 832 g/mol. The number of ether oxygens (including phenoxy) is 1. The van der Waals surface area contributed by atoms with Crippen LogP contribution < -0.4 is 16.0 Å². The zero-order valence-electron chi connectivity index (χ0n) is 36.1. The Morgan fingerprint density at radius 1 is 1.00 bits per heavy atom. The Balaban J connectivity index is 1.30. The fourth-order valence-electron chi connectivity index (χ4n) is 7.13. The van der Waals surface area contributed by atoms with Crippen molar-refractivity contribution in [1.29, 1.82) is 0 Å². The van der Waals surface area contributed by atoms with Gasteiger partial charge in [-0.2, -0.15) is 10.2 Å². The molecule has 3 aromatic rings. The molecular weight excluding hydrogens is 769 g/mol. The average molecular weight is 833 g/mol. The van der Waals surface area contributed by atoms with E-state index in [1.165, 1.54) is 0 Å². The van der Waals surface area contributed by atoms with Gasteiger partial charge in [-0.1, -0.05) is 57.7 Å². The van der Waals surface area contributed by atoms with Crippen molar-refractivity contribution in [1.82, 2.24) is 30.2 Å². The third-order valence-electron chi connectivity index (χ3n) is 11.7. The first kappa shape index (κ1) is 44.8. The minimum Gasteiger partial charge on any atom is -0.410 e. The number of nitrogens with one attached hydrogen (secondary N) is 3. The zero-order chi connectivity index (χ0) is 42.4. The van der Waals surface area contributed by atoms with Crippen LogP contribution in [0.15, 0.2) is 41.6 Å². The number of carbonyl (C=O) groups is 3. The van der Waals surface area contributed by atoms with E-state index in [9.17, 15) is 14.4 Å². The maximum atomic E-state index is 14.3. The van der Waals surface area contributed by atoms with Gasteiger partial charge in [0.2, 0.25) is 11.8 Å². The van der Waals surface area contributed by atoms with E-state index in [0.29, 0.717) is 29.9 Å². The minimum absolute atomic E-state index is 0.0321. The van der Waals surface area contributed by atoms with Crippen LogP contribution in [-0.2, 0) is 32.0 Å². The topological polar surface area (TPSA) is 190 Å². The van der Waals surface area contributed by atoms with Gasteiger partial charge in [-0.15, -0.1) is 0 Å². The Morgan fingerprint density at radius 2 is 1.66 bits per heavy atom. The van der Waals surface area contributed by atoms with Gasteiger partial charge in [0.1, 0.15) is 25.0 Å². The highest BCUT2D eigenvalue weighted by Crippen LogP contribution is 2.51. The summed E-state index contributed by atoms with van der Waals surface area (Å²) in [6.07, 6.45) is 5.21. The van der Waals surface area contributed by atoms with E-state index in [4.69, 9.17) is 19.8 Å². The molecule has 2 saturated carbocycles. The number of anilines is 1.